The van der Waals surface area contributed by atoms with E-state index < -0.39 is 29.4 Å². The van der Waals surface area contributed by atoms with Crippen LogP contribution >= 0.6 is 11.6 Å². The molecule has 2 N–H and O–H groups in total. The third-order valence-corrected chi connectivity index (χ3v) is 5.98. The summed E-state index contributed by atoms with van der Waals surface area (Å²) in [6.45, 7) is 1.68. The van der Waals surface area contributed by atoms with Gasteiger partial charge in [-0.2, -0.15) is 0 Å². The van der Waals surface area contributed by atoms with Crippen LogP contribution in [0.4, 0.5) is 8.78 Å². The monoisotopic (exact) mass is 409 g/mol. The quantitative estimate of drug-likeness (QED) is 0.804. The summed E-state index contributed by atoms with van der Waals surface area (Å²) in [5, 5.41) is 21.5. The molecule has 2 heterocycles. The predicted octanol–water partition coefficient (Wildman–Crippen LogP) is 4.00. The molecule has 28 heavy (non-hydrogen) atoms. The number of hydrogen-bond donors (Lipinski definition) is 2. The maximum atomic E-state index is 13.4. The molecule has 1 saturated heterocycles. The van der Waals surface area contributed by atoms with Crippen LogP contribution in [0.2, 0.25) is 5.02 Å². The Bertz CT molecular complexity index is 871. The number of rotatable bonds is 3. The molecule has 4 rings (SSSR count). The Morgan fingerprint density at radius 2 is 1.89 bits per heavy atom. The average molecular weight is 410 g/mol. The number of ether oxygens (including phenoxy) is 1. The van der Waals surface area contributed by atoms with Gasteiger partial charge in [0.2, 0.25) is 0 Å². The highest BCUT2D eigenvalue weighted by Gasteiger charge is 2.43. The zero-order valence-corrected chi connectivity index (χ0v) is 16.0. The molecule has 2 aromatic rings. The van der Waals surface area contributed by atoms with E-state index in [2.05, 4.69) is 4.90 Å². The summed E-state index contributed by atoms with van der Waals surface area (Å²) in [4.78, 5) is 2.07. The largest absolute Gasteiger partial charge is 0.487 e. The Hall–Kier alpha value is -1.73. The summed E-state index contributed by atoms with van der Waals surface area (Å²) >= 11 is 6.01. The molecule has 0 bridgehead atoms. The number of aliphatic hydroxyl groups excluding tert-OH is 2. The maximum absolute atomic E-state index is 13.4. The van der Waals surface area contributed by atoms with Gasteiger partial charge in [0.05, 0.1) is 12.2 Å². The standard InChI is InChI=1S/C21H22ClF2NO3/c22-14-2-4-20-15(10-14)18(26)11-21(28-20)5-7-25(8-6-21)12-19(27)13-1-3-16(23)17(24)9-13/h1-4,9-10,18-19,26-27H,5-8,11-12H2/t18-,19+/m0/s1. The van der Waals surface area contributed by atoms with Gasteiger partial charge in [-0.3, -0.25) is 0 Å². The van der Waals surface area contributed by atoms with Crippen LogP contribution in [-0.2, 0) is 0 Å². The van der Waals surface area contributed by atoms with Gasteiger partial charge in [0, 0.05) is 36.6 Å². The Morgan fingerprint density at radius 3 is 2.61 bits per heavy atom. The Balaban J connectivity index is 1.39. The van der Waals surface area contributed by atoms with Crippen molar-refractivity contribution < 1.29 is 23.7 Å². The SMILES string of the molecule is O[C@H](CN1CCC2(CC1)C[C@H](O)c1cc(Cl)ccc1O2)c1ccc(F)c(F)c1. The molecule has 2 atom stereocenters. The lowest BCUT2D eigenvalue weighted by Crippen LogP contribution is -2.51. The molecule has 7 heteroatoms. The number of piperidine rings is 1. The predicted molar refractivity (Wildman–Crippen MR) is 101 cm³/mol. The summed E-state index contributed by atoms with van der Waals surface area (Å²) in [7, 11) is 0. The number of aliphatic hydroxyl groups is 2. The number of fused-ring (bicyclic) bond motifs is 1. The zero-order chi connectivity index (χ0) is 19.9. The van der Waals surface area contributed by atoms with Crippen LogP contribution in [0.25, 0.3) is 0 Å². The second kappa shape index (κ2) is 7.59. The van der Waals surface area contributed by atoms with Crippen LogP contribution in [0, 0.1) is 11.6 Å². The number of nitrogens with zero attached hydrogens (tertiary/aromatic N) is 1. The average Bonchev–Trinajstić information content (AvgIpc) is 2.67. The van der Waals surface area contributed by atoms with Crippen molar-refractivity contribution >= 4 is 11.6 Å². The Labute approximate surface area is 167 Å². The summed E-state index contributed by atoms with van der Waals surface area (Å²) in [5.74, 6) is -1.22. The normalized spacial score (nSPS) is 22.5. The molecule has 0 saturated carbocycles. The van der Waals surface area contributed by atoms with Crippen LogP contribution in [0.5, 0.6) is 5.75 Å². The van der Waals surface area contributed by atoms with E-state index in [4.69, 9.17) is 16.3 Å². The minimum atomic E-state index is -0.961. The van der Waals surface area contributed by atoms with Crippen molar-refractivity contribution in [3.63, 3.8) is 0 Å². The Morgan fingerprint density at radius 1 is 1.14 bits per heavy atom. The number of β-amino-alcohol motifs (C(OH)–C–C–N with tert-alkyl or cyclic N) is 1. The number of hydrogen-bond acceptors (Lipinski definition) is 4. The van der Waals surface area contributed by atoms with Crippen molar-refractivity contribution in [3.05, 3.63) is 64.2 Å². The lowest BCUT2D eigenvalue weighted by atomic mass is 9.81. The highest BCUT2D eigenvalue weighted by molar-refractivity contribution is 6.30. The fraction of sp³-hybridized carbons (Fsp3) is 0.429. The summed E-state index contributed by atoms with van der Waals surface area (Å²) in [6, 6.07) is 8.74. The Kier molecular flexibility index (Phi) is 5.31. The van der Waals surface area contributed by atoms with Gasteiger partial charge in [0.1, 0.15) is 11.4 Å². The van der Waals surface area contributed by atoms with E-state index in [0.717, 1.165) is 12.1 Å². The third kappa shape index (κ3) is 3.87. The lowest BCUT2D eigenvalue weighted by molar-refractivity contribution is -0.0587. The van der Waals surface area contributed by atoms with Gasteiger partial charge in [-0.15, -0.1) is 0 Å². The van der Waals surface area contributed by atoms with Crippen LogP contribution in [0.15, 0.2) is 36.4 Å². The van der Waals surface area contributed by atoms with Gasteiger partial charge in [0.25, 0.3) is 0 Å². The van der Waals surface area contributed by atoms with Gasteiger partial charge in [-0.1, -0.05) is 17.7 Å². The van der Waals surface area contributed by atoms with Gasteiger partial charge in [0.15, 0.2) is 11.6 Å². The zero-order valence-electron chi connectivity index (χ0n) is 15.2. The topological polar surface area (TPSA) is 52.9 Å². The van der Waals surface area contributed by atoms with E-state index in [-0.39, 0.29) is 0 Å². The van der Waals surface area contributed by atoms with Crippen LogP contribution in [-0.4, -0.2) is 40.3 Å². The number of halogens is 3. The van der Waals surface area contributed by atoms with Gasteiger partial charge < -0.3 is 19.8 Å². The molecule has 0 radical (unpaired) electrons. The summed E-state index contributed by atoms with van der Waals surface area (Å²) < 4.78 is 32.7. The number of benzene rings is 2. The van der Waals surface area contributed by atoms with E-state index in [1.807, 2.05) is 0 Å². The van der Waals surface area contributed by atoms with Crippen molar-refractivity contribution in [2.75, 3.05) is 19.6 Å². The van der Waals surface area contributed by atoms with Crippen LogP contribution in [0.1, 0.15) is 42.6 Å². The van der Waals surface area contributed by atoms with Gasteiger partial charge in [-0.25, -0.2) is 8.78 Å². The fourth-order valence-corrected chi connectivity index (χ4v) is 4.31. The van der Waals surface area contributed by atoms with Crippen molar-refractivity contribution in [1.82, 2.24) is 4.90 Å². The van der Waals surface area contributed by atoms with E-state index in [1.54, 1.807) is 18.2 Å². The minimum absolute atomic E-state index is 0.329. The highest BCUT2D eigenvalue weighted by atomic mass is 35.5. The third-order valence-electron chi connectivity index (χ3n) is 5.75. The first-order valence-electron chi connectivity index (χ1n) is 9.37. The molecule has 1 spiro atoms. The second-order valence-corrected chi connectivity index (χ2v) is 8.11. The molecule has 0 amide bonds. The van der Waals surface area contributed by atoms with Crippen molar-refractivity contribution in [2.45, 2.75) is 37.1 Å². The molecule has 0 aromatic heterocycles. The molecular formula is C21H22ClF2NO3. The summed E-state index contributed by atoms with van der Waals surface area (Å²) in [6.07, 6.45) is 0.388. The first kappa shape index (κ1) is 19.6. The van der Waals surface area contributed by atoms with E-state index in [0.29, 0.717) is 60.8 Å². The molecular weight excluding hydrogens is 388 g/mol. The van der Waals surface area contributed by atoms with Crippen LogP contribution < -0.4 is 4.74 Å². The molecule has 2 aliphatic rings. The van der Waals surface area contributed by atoms with Gasteiger partial charge in [-0.05, 0) is 48.7 Å². The van der Waals surface area contributed by atoms with Crippen molar-refractivity contribution in [3.8, 4) is 5.75 Å². The maximum Gasteiger partial charge on any atom is 0.159 e. The number of likely N-dealkylation sites (tertiary alicyclic amines) is 1. The molecule has 0 unspecified atom stereocenters. The minimum Gasteiger partial charge on any atom is -0.487 e. The van der Waals surface area contributed by atoms with E-state index in [9.17, 15) is 19.0 Å². The molecule has 2 aliphatic heterocycles. The molecule has 4 nitrogen and oxygen atoms in total. The first-order valence-corrected chi connectivity index (χ1v) is 9.75. The molecule has 0 aliphatic carbocycles. The highest BCUT2D eigenvalue weighted by Crippen LogP contribution is 2.45. The van der Waals surface area contributed by atoms with Crippen molar-refractivity contribution in [1.29, 1.82) is 0 Å². The fourth-order valence-electron chi connectivity index (χ4n) is 4.13. The second-order valence-electron chi connectivity index (χ2n) is 7.68. The van der Waals surface area contributed by atoms with E-state index in [1.165, 1.54) is 6.07 Å². The summed E-state index contributed by atoms with van der Waals surface area (Å²) in [5.41, 5.74) is 0.632. The molecule has 150 valence electrons. The molecule has 2 aromatic carbocycles. The van der Waals surface area contributed by atoms with Gasteiger partial charge >= 0.3 is 0 Å². The van der Waals surface area contributed by atoms with Crippen LogP contribution in [0.3, 0.4) is 0 Å². The van der Waals surface area contributed by atoms with Crippen molar-refractivity contribution in [2.24, 2.45) is 0 Å². The van der Waals surface area contributed by atoms with E-state index >= 15 is 0 Å². The lowest BCUT2D eigenvalue weighted by Gasteiger charge is -2.46. The first-order chi connectivity index (χ1) is 13.3. The smallest absolute Gasteiger partial charge is 0.159 e. The molecule has 1 fully saturated rings.